The van der Waals surface area contributed by atoms with Gasteiger partial charge < -0.3 is 14.6 Å². The van der Waals surface area contributed by atoms with Crippen LogP contribution in [0.4, 0.5) is 0 Å². The molecule has 1 heterocycles. The molecule has 0 aromatic heterocycles. The number of aliphatic carboxylic acids is 1. The van der Waals surface area contributed by atoms with E-state index in [-0.39, 0.29) is 6.61 Å². The maximum atomic E-state index is 10.8. The van der Waals surface area contributed by atoms with Gasteiger partial charge in [-0.25, -0.2) is 4.79 Å². The Morgan fingerprint density at radius 3 is 3.11 bits per heavy atom. The molecule has 0 atom stereocenters. The van der Waals surface area contributed by atoms with Crippen LogP contribution in [0.1, 0.15) is 17.5 Å². The van der Waals surface area contributed by atoms with Crippen LogP contribution < -0.4 is 4.74 Å². The molecule has 0 radical (unpaired) electrons. The number of carbonyl (C=O) groups is 1. The Bertz CT molecular complexity index is 477. The molecule has 18 heavy (non-hydrogen) atoms. The van der Waals surface area contributed by atoms with Gasteiger partial charge >= 0.3 is 5.97 Å². The lowest BCUT2D eigenvalue weighted by atomic mass is 9.99. The summed E-state index contributed by atoms with van der Waals surface area (Å²) in [4.78, 5) is 10.8. The van der Waals surface area contributed by atoms with Crippen molar-refractivity contribution >= 4 is 11.5 Å². The highest BCUT2D eigenvalue weighted by Gasteiger charge is 2.12. The average molecular weight is 248 g/mol. The Hall–Kier alpha value is -1.81. The second-order valence-electron chi connectivity index (χ2n) is 4.22. The number of ether oxygens (including phenoxy) is 2. The summed E-state index contributed by atoms with van der Waals surface area (Å²) >= 11 is 0. The zero-order valence-electron chi connectivity index (χ0n) is 10.3. The largest absolute Gasteiger partial charge is 0.493 e. The van der Waals surface area contributed by atoms with Gasteiger partial charge in [-0.1, -0.05) is 6.07 Å². The molecule has 0 spiro atoms. The summed E-state index contributed by atoms with van der Waals surface area (Å²) in [6.07, 6.45) is 3.16. The maximum Gasteiger partial charge on any atom is 0.328 e. The molecule has 0 unspecified atom stereocenters. The first kappa shape index (κ1) is 12.6. The van der Waals surface area contributed by atoms with Gasteiger partial charge in [0.1, 0.15) is 5.75 Å². The van der Waals surface area contributed by atoms with Crippen LogP contribution in [-0.2, 0) is 16.0 Å². The molecule has 1 aromatic rings. The summed E-state index contributed by atoms with van der Waals surface area (Å²) in [5.74, 6) is -0.0619. The van der Waals surface area contributed by atoms with Gasteiger partial charge in [-0.15, -0.1) is 0 Å². The molecule has 2 rings (SSSR count). The molecule has 1 aliphatic heterocycles. The van der Waals surface area contributed by atoms with E-state index >= 15 is 0 Å². The Morgan fingerprint density at radius 1 is 1.56 bits per heavy atom. The number of hydrogen-bond donors (Lipinski definition) is 1. The minimum atomic E-state index is -0.962. The van der Waals surface area contributed by atoms with E-state index in [1.165, 1.54) is 6.08 Å². The molecule has 4 heteroatoms. The third-order valence-electron chi connectivity index (χ3n) is 2.88. The molecule has 0 amide bonds. The lowest BCUT2D eigenvalue weighted by Gasteiger charge is -2.18. The smallest absolute Gasteiger partial charge is 0.328 e. The molecule has 0 aliphatic carbocycles. The second kappa shape index (κ2) is 5.69. The average Bonchev–Trinajstić information content (AvgIpc) is 2.37. The predicted molar refractivity (Wildman–Crippen MR) is 67.7 cm³/mol. The molecular formula is C14H16O4. The van der Waals surface area contributed by atoms with Gasteiger partial charge in [0.05, 0.1) is 13.2 Å². The summed E-state index contributed by atoms with van der Waals surface area (Å²) in [6, 6.07) is 5.76. The van der Waals surface area contributed by atoms with E-state index < -0.39 is 5.97 Å². The first-order valence-corrected chi connectivity index (χ1v) is 5.89. The first-order chi connectivity index (χ1) is 8.70. The number of benzene rings is 1. The highest BCUT2D eigenvalue weighted by molar-refractivity contribution is 5.90. The zero-order chi connectivity index (χ0) is 13.0. The molecule has 1 aromatic carbocycles. The fourth-order valence-corrected chi connectivity index (χ4v) is 2.07. The Balaban J connectivity index is 2.33. The maximum absolute atomic E-state index is 10.8. The van der Waals surface area contributed by atoms with E-state index in [1.54, 1.807) is 7.11 Å². The number of methoxy groups -OCH3 is 1. The van der Waals surface area contributed by atoms with Crippen molar-refractivity contribution in [2.24, 2.45) is 0 Å². The van der Waals surface area contributed by atoms with Gasteiger partial charge in [0.25, 0.3) is 0 Å². The van der Waals surface area contributed by atoms with Crippen molar-refractivity contribution in [2.75, 3.05) is 20.3 Å². The monoisotopic (exact) mass is 248 g/mol. The number of carboxylic acid groups (broad SMARTS) is 1. The van der Waals surface area contributed by atoms with E-state index in [0.717, 1.165) is 36.3 Å². The summed E-state index contributed by atoms with van der Waals surface area (Å²) in [7, 11) is 1.55. The third kappa shape index (κ3) is 2.90. The number of aryl methyl sites for hydroxylation is 1. The molecule has 96 valence electrons. The van der Waals surface area contributed by atoms with Crippen molar-refractivity contribution < 1.29 is 19.4 Å². The van der Waals surface area contributed by atoms with Crippen LogP contribution in [0, 0.1) is 0 Å². The molecular weight excluding hydrogens is 232 g/mol. The highest BCUT2D eigenvalue weighted by Crippen LogP contribution is 2.28. The van der Waals surface area contributed by atoms with Crippen molar-refractivity contribution in [3.05, 3.63) is 35.4 Å². The van der Waals surface area contributed by atoms with Crippen LogP contribution in [0.3, 0.4) is 0 Å². The van der Waals surface area contributed by atoms with E-state index in [1.807, 2.05) is 18.2 Å². The highest BCUT2D eigenvalue weighted by atomic mass is 16.5. The van der Waals surface area contributed by atoms with Gasteiger partial charge in [0, 0.05) is 13.2 Å². The van der Waals surface area contributed by atoms with E-state index in [2.05, 4.69) is 0 Å². The van der Waals surface area contributed by atoms with Crippen molar-refractivity contribution in [1.82, 2.24) is 0 Å². The van der Waals surface area contributed by atoms with Gasteiger partial charge in [-0.3, -0.25) is 0 Å². The second-order valence-corrected chi connectivity index (χ2v) is 4.22. The third-order valence-corrected chi connectivity index (χ3v) is 2.88. The van der Waals surface area contributed by atoms with Crippen LogP contribution in [0.5, 0.6) is 5.75 Å². The molecule has 0 bridgehead atoms. The van der Waals surface area contributed by atoms with Crippen molar-refractivity contribution in [3.8, 4) is 5.75 Å². The lowest BCUT2D eigenvalue weighted by Crippen LogP contribution is -2.09. The normalized spacial score (nSPS) is 14.8. The summed E-state index contributed by atoms with van der Waals surface area (Å²) < 4.78 is 10.6. The van der Waals surface area contributed by atoms with Gasteiger partial charge in [0.15, 0.2) is 0 Å². The number of hydrogen-bond acceptors (Lipinski definition) is 3. The SMILES string of the molecule is COC/C(=C\C(=O)O)c1ccc2c(c1)CCCO2. The minimum Gasteiger partial charge on any atom is -0.493 e. The molecule has 4 nitrogen and oxygen atoms in total. The minimum absolute atomic E-state index is 0.284. The topological polar surface area (TPSA) is 55.8 Å². The molecule has 0 saturated heterocycles. The fourth-order valence-electron chi connectivity index (χ4n) is 2.07. The Kier molecular flexibility index (Phi) is 3.99. The van der Waals surface area contributed by atoms with Crippen molar-refractivity contribution in [3.63, 3.8) is 0 Å². The molecule has 1 N–H and O–H groups in total. The lowest BCUT2D eigenvalue weighted by molar-refractivity contribution is -0.131. The summed E-state index contributed by atoms with van der Waals surface area (Å²) in [6.45, 7) is 1.04. The first-order valence-electron chi connectivity index (χ1n) is 5.89. The summed E-state index contributed by atoms with van der Waals surface area (Å²) in [5, 5.41) is 8.85. The van der Waals surface area contributed by atoms with Crippen LogP contribution in [0.15, 0.2) is 24.3 Å². The van der Waals surface area contributed by atoms with Gasteiger partial charge in [-0.05, 0) is 41.7 Å². The van der Waals surface area contributed by atoms with Crippen LogP contribution in [0.25, 0.3) is 5.57 Å². The van der Waals surface area contributed by atoms with E-state index in [0.29, 0.717) is 5.57 Å². The molecule has 0 saturated carbocycles. The number of carboxylic acids is 1. The fraction of sp³-hybridized carbons (Fsp3) is 0.357. The predicted octanol–water partition coefficient (Wildman–Crippen LogP) is 2.13. The van der Waals surface area contributed by atoms with Crippen LogP contribution in [-0.4, -0.2) is 31.4 Å². The number of fused-ring (bicyclic) bond motifs is 1. The quantitative estimate of drug-likeness (QED) is 0.829. The number of rotatable bonds is 4. The summed E-state index contributed by atoms with van der Waals surface area (Å²) in [5.41, 5.74) is 2.67. The Morgan fingerprint density at radius 2 is 2.39 bits per heavy atom. The van der Waals surface area contributed by atoms with Crippen molar-refractivity contribution in [1.29, 1.82) is 0 Å². The Labute approximate surface area is 106 Å². The zero-order valence-corrected chi connectivity index (χ0v) is 10.3. The van der Waals surface area contributed by atoms with E-state index in [9.17, 15) is 4.79 Å². The standard InChI is InChI=1S/C14H16O4/c1-17-9-12(8-14(15)16)10-4-5-13-11(7-10)3-2-6-18-13/h4-5,7-8H,2-3,6,9H2,1H3,(H,15,16)/b12-8+. The van der Waals surface area contributed by atoms with Gasteiger partial charge in [0.2, 0.25) is 0 Å². The van der Waals surface area contributed by atoms with Crippen LogP contribution in [0.2, 0.25) is 0 Å². The molecule has 0 fully saturated rings. The van der Waals surface area contributed by atoms with Gasteiger partial charge in [-0.2, -0.15) is 0 Å². The van der Waals surface area contributed by atoms with Crippen molar-refractivity contribution in [2.45, 2.75) is 12.8 Å². The van der Waals surface area contributed by atoms with E-state index in [4.69, 9.17) is 14.6 Å². The van der Waals surface area contributed by atoms with Crippen LogP contribution >= 0.6 is 0 Å². The molecule has 1 aliphatic rings.